The standard InChI is InChI=1S/C16H21N7O/c1-10(2)7-13(15-18-9-20-22(15)4)21-16(24)12-8-17-14-5-6-19-23(14)11(12)3/h5-6,8-10,13H,7H2,1-4H3,(H,21,24). The molecule has 0 saturated carbocycles. The van der Waals surface area contributed by atoms with Crippen molar-refractivity contribution in [2.45, 2.75) is 33.2 Å². The lowest BCUT2D eigenvalue weighted by Gasteiger charge is -2.20. The molecule has 3 aromatic rings. The van der Waals surface area contributed by atoms with E-state index >= 15 is 0 Å². The monoisotopic (exact) mass is 327 g/mol. The van der Waals surface area contributed by atoms with Crippen LogP contribution < -0.4 is 5.32 Å². The number of fused-ring (bicyclic) bond motifs is 1. The third-order valence-corrected chi connectivity index (χ3v) is 3.97. The van der Waals surface area contributed by atoms with Gasteiger partial charge in [-0.05, 0) is 19.3 Å². The van der Waals surface area contributed by atoms with Crippen LogP contribution in [0.1, 0.15) is 48.2 Å². The Balaban J connectivity index is 1.89. The van der Waals surface area contributed by atoms with Crippen molar-refractivity contribution in [1.29, 1.82) is 0 Å². The second-order valence-corrected chi connectivity index (χ2v) is 6.26. The number of amides is 1. The van der Waals surface area contributed by atoms with Crippen LogP contribution in [0.5, 0.6) is 0 Å². The summed E-state index contributed by atoms with van der Waals surface area (Å²) in [6.07, 6.45) is 5.52. The van der Waals surface area contributed by atoms with E-state index in [9.17, 15) is 4.79 Å². The van der Waals surface area contributed by atoms with Crippen LogP contribution in [0.4, 0.5) is 0 Å². The van der Waals surface area contributed by atoms with Gasteiger partial charge in [-0.15, -0.1) is 0 Å². The molecule has 0 fully saturated rings. The molecule has 1 N–H and O–H groups in total. The number of rotatable bonds is 5. The molecular weight excluding hydrogens is 306 g/mol. The maximum Gasteiger partial charge on any atom is 0.255 e. The number of nitrogens with one attached hydrogen (secondary N) is 1. The van der Waals surface area contributed by atoms with Crippen LogP contribution in [0.25, 0.3) is 5.65 Å². The molecule has 0 aliphatic carbocycles. The van der Waals surface area contributed by atoms with Crippen LogP contribution in [-0.2, 0) is 7.05 Å². The zero-order valence-electron chi connectivity index (χ0n) is 14.3. The summed E-state index contributed by atoms with van der Waals surface area (Å²) in [5, 5.41) is 11.4. The predicted molar refractivity (Wildman–Crippen MR) is 88.4 cm³/mol. The minimum Gasteiger partial charge on any atom is -0.342 e. The first-order valence-electron chi connectivity index (χ1n) is 7.91. The van der Waals surface area contributed by atoms with Crippen LogP contribution in [0.15, 0.2) is 24.8 Å². The van der Waals surface area contributed by atoms with Gasteiger partial charge in [0, 0.05) is 19.3 Å². The maximum atomic E-state index is 12.8. The molecule has 8 nitrogen and oxygen atoms in total. The van der Waals surface area contributed by atoms with Gasteiger partial charge in [-0.1, -0.05) is 13.8 Å². The van der Waals surface area contributed by atoms with Crippen molar-refractivity contribution in [2.75, 3.05) is 0 Å². The van der Waals surface area contributed by atoms with E-state index in [0.717, 1.165) is 23.6 Å². The van der Waals surface area contributed by atoms with Gasteiger partial charge in [0.25, 0.3) is 5.91 Å². The molecule has 0 spiro atoms. The van der Waals surface area contributed by atoms with E-state index in [2.05, 4.69) is 39.3 Å². The molecular formula is C16H21N7O. The zero-order chi connectivity index (χ0) is 17.3. The van der Waals surface area contributed by atoms with E-state index in [4.69, 9.17) is 0 Å². The Labute approximate surface area is 139 Å². The Kier molecular flexibility index (Phi) is 4.28. The van der Waals surface area contributed by atoms with Gasteiger partial charge >= 0.3 is 0 Å². The molecule has 126 valence electrons. The second kappa shape index (κ2) is 6.38. The van der Waals surface area contributed by atoms with Crippen molar-refractivity contribution in [1.82, 2.24) is 34.7 Å². The van der Waals surface area contributed by atoms with Crippen molar-refractivity contribution < 1.29 is 4.79 Å². The van der Waals surface area contributed by atoms with E-state index in [-0.39, 0.29) is 11.9 Å². The topological polar surface area (TPSA) is 90.0 Å². The number of hydrogen-bond donors (Lipinski definition) is 1. The first-order chi connectivity index (χ1) is 11.5. The lowest BCUT2D eigenvalue weighted by molar-refractivity contribution is 0.0927. The summed E-state index contributed by atoms with van der Waals surface area (Å²) in [5.74, 6) is 0.952. The average Bonchev–Trinajstić information content (AvgIpc) is 3.15. The van der Waals surface area contributed by atoms with Crippen LogP contribution >= 0.6 is 0 Å². The Morgan fingerprint density at radius 2 is 2.08 bits per heavy atom. The lowest BCUT2D eigenvalue weighted by Crippen LogP contribution is -2.32. The predicted octanol–water partition coefficient (Wildman–Crippen LogP) is 1.68. The molecule has 0 bridgehead atoms. The van der Waals surface area contributed by atoms with Gasteiger partial charge in [0.1, 0.15) is 12.2 Å². The van der Waals surface area contributed by atoms with Crippen LogP contribution in [0.3, 0.4) is 0 Å². The number of aryl methyl sites for hydroxylation is 2. The summed E-state index contributed by atoms with van der Waals surface area (Å²) in [4.78, 5) is 21.3. The summed E-state index contributed by atoms with van der Waals surface area (Å²) in [5.41, 5.74) is 1.97. The minimum atomic E-state index is -0.210. The van der Waals surface area contributed by atoms with Gasteiger partial charge in [0.05, 0.1) is 23.5 Å². The Morgan fingerprint density at radius 1 is 1.29 bits per heavy atom. The Bertz CT molecular complexity index is 864. The molecule has 0 aliphatic rings. The highest BCUT2D eigenvalue weighted by molar-refractivity contribution is 5.95. The van der Waals surface area contributed by atoms with E-state index in [1.165, 1.54) is 6.33 Å². The normalized spacial score (nSPS) is 12.7. The summed E-state index contributed by atoms with van der Waals surface area (Å²) < 4.78 is 3.35. The average molecular weight is 327 g/mol. The van der Waals surface area contributed by atoms with Gasteiger partial charge in [0.2, 0.25) is 0 Å². The molecule has 0 aliphatic heterocycles. The first-order valence-corrected chi connectivity index (χ1v) is 7.91. The molecule has 1 atom stereocenters. The highest BCUT2D eigenvalue weighted by Crippen LogP contribution is 2.20. The molecule has 1 amide bonds. The third kappa shape index (κ3) is 2.99. The van der Waals surface area contributed by atoms with Crippen molar-refractivity contribution in [3.8, 4) is 0 Å². The van der Waals surface area contributed by atoms with Gasteiger partial charge in [-0.3, -0.25) is 9.48 Å². The first kappa shape index (κ1) is 16.1. The highest BCUT2D eigenvalue weighted by atomic mass is 16.1. The maximum absolute atomic E-state index is 12.8. The summed E-state index contributed by atoms with van der Waals surface area (Å²) in [6.45, 7) is 6.08. The fraction of sp³-hybridized carbons (Fsp3) is 0.438. The Hall–Kier alpha value is -2.77. The van der Waals surface area contributed by atoms with Crippen molar-refractivity contribution >= 4 is 11.6 Å². The second-order valence-electron chi connectivity index (χ2n) is 6.26. The molecule has 8 heteroatoms. The molecule has 3 aromatic heterocycles. The molecule has 0 saturated heterocycles. The van der Waals surface area contributed by atoms with E-state index in [1.54, 1.807) is 27.7 Å². The SMILES string of the molecule is Cc1c(C(=O)NC(CC(C)C)c2ncnn2C)cnc2ccnn12. The van der Waals surface area contributed by atoms with Gasteiger partial charge in [0.15, 0.2) is 5.65 Å². The quantitative estimate of drug-likeness (QED) is 0.770. The molecule has 0 aromatic carbocycles. The summed E-state index contributed by atoms with van der Waals surface area (Å²) >= 11 is 0. The van der Waals surface area contributed by atoms with Crippen LogP contribution in [0.2, 0.25) is 0 Å². The smallest absolute Gasteiger partial charge is 0.255 e. The van der Waals surface area contributed by atoms with E-state index in [1.807, 2.05) is 14.0 Å². The zero-order valence-corrected chi connectivity index (χ0v) is 14.3. The largest absolute Gasteiger partial charge is 0.342 e. The van der Waals surface area contributed by atoms with Gasteiger partial charge in [-0.2, -0.15) is 10.2 Å². The molecule has 0 radical (unpaired) electrons. The fourth-order valence-corrected chi connectivity index (χ4v) is 2.77. The number of nitrogens with zero attached hydrogens (tertiary/aromatic N) is 6. The molecule has 3 heterocycles. The van der Waals surface area contributed by atoms with Crippen molar-refractivity contribution in [2.24, 2.45) is 13.0 Å². The number of hydrogen-bond acceptors (Lipinski definition) is 5. The third-order valence-electron chi connectivity index (χ3n) is 3.97. The van der Waals surface area contributed by atoms with Crippen LogP contribution in [0, 0.1) is 12.8 Å². The molecule has 3 rings (SSSR count). The van der Waals surface area contributed by atoms with Gasteiger partial charge < -0.3 is 5.32 Å². The number of carbonyl (C=O) groups excluding carboxylic acids is 1. The fourth-order valence-electron chi connectivity index (χ4n) is 2.77. The highest BCUT2D eigenvalue weighted by Gasteiger charge is 2.22. The summed E-state index contributed by atoms with van der Waals surface area (Å²) in [7, 11) is 1.82. The van der Waals surface area contributed by atoms with E-state index in [0.29, 0.717) is 11.5 Å². The van der Waals surface area contributed by atoms with Gasteiger partial charge in [-0.25, -0.2) is 14.5 Å². The minimum absolute atomic E-state index is 0.189. The number of carbonyl (C=O) groups is 1. The lowest BCUT2D eigenvalue weighted by atomic mass is 10.0. The van der Waals surface area contributed by atoms with Crippen molar-refractivity contribution in [3.63, 3.8) is 0 Å². The van der Waals surface area contributed by atoms with Crippen LogP contribution in [-0.4, -0.2) is 35.3 Å². The summed E-state index contributed by atoms with van der Waals surface area (Å²) in [6, 6.07) is 1.59. The molecule has 24 heavy (non-hydrogen) atoms. The van der Waals surface area contributed by atoms with E-state index < -0.39 is 0 Å². The number of aromatic nitrogens is 6. The molecule has 1 unspecified atom stereocenters. The van der Waals surface area contributed by atoms with Crippen molar-refractivity contribution in [3.05, 3.63) is 41.9 Å². The Morgan fingerprint density at radius 3 is 2.75 bits per heavy atom.